The lowest BCUT2D eigenvalue weighted by molar-refractivity contribution is 0.433. The fourth-order valence-corrected chi connectivity index (χ4v) is 6.64. The molecule has 102 valence electrons. The minimum Gasteiger partial charge on any atom is -0.207 e. The Morgan fingerprint density at radius 3 is 2.56 bits per heavy atom. The van der Waals surface area contributed by atoms with Crippen LogP contribution in [0.15, 0.2) is 14.7 Å². The van der Waals surface area contributed by atoms with Gasteiger partial charge in [0.2, 0.25) is 10.0 Å². The molecule has 1 aliphatic rings. The smallest absolute Gasteiger partial charge is 0.207 e. The third-order valence-corrected chi connectivity index (χ3v) is 7.20. The predicted molar refractivity (Wildman–Crippen MR) is 79.0 cm³/mol. The van der Waals surface area contributed by atoms with Crippen LogP contribution in [0.3, 0.4) is 0 Å². The van der Waals surface area contributed by atoms with E-state index in [0.29, 0.717) is 10.8 Å². The summed E-state index contributed by atoms with van der Waals surface area (Å²) >= 11 is 10.7. The average molecular weight is 373 g/mol. The topological polar surface area (TPSA) is 46.2 Å². The zero-order chi connectivity index (χ0) is 13.4. The Labute approximate surface area is 125 Å². The van der Waals surface area contributed by atoms with E-state index in [2.05, 4.69) is 20.7 Å². The Hall–Kier alpha value is 0.380. The van der Waals surface area contributed by atoms with E-state index in [1.165, 1.54) is 11.3 Å². The highest BCUT2D eigenvalue weighted by Gasteiger charge is 2.38. The molecule has 0 radical (unpaired) electrons. The van der Waals surface area contributed by atoms with E-state index in [9.17, 15) is 8.42 Å². The molecule has 1 heterocycles. The van der Waals surface area contributed by atoms with Crippen molar-refractivity contribution in [2.24, 2.45) is 0 Å². The number of alkyl halides is 1. The van der Waals surface area contributed by atoms with Gasteiger partial charge in [0.1, 0.15) is 0 Å². The van der Waals surface area contributed by atoms with Gasteiger partial charge in [-0.15, -0.1) is 22.9 Å². The van der Waals surface area contributed by atoms with E-state index in [1.54, 1.807) is 6.07 Å². The van der Waals surface area contributed by atoms with E-state index in [-0.39, 0.29) is 0 Å². The summed E-state index contributed by atoms with van der Waals surface area (Å²) in [6, 6.07) is 1.65. The molecule has 0 spiro atoms. The highest BCUT2D eigenvalue weighted by molar-refractivity contribution is 9.11. The average Bonchev–Trinajstić information content (AvgIpc) is 2.86. The minimum absolute atomic E-state index is 0.330. The van der Waals surface area contributed by atoms with Crippen LogP contribution in [0.25, 0.3) is 0 Å². The quantitative estimate of drug-likeness (QED) is 0.820. The SMILES string of the molecule is Cc1sc(Br)cc1S(=O)(=O)NC1(CCl)CCCC1. The summed E-state index contributed by atoms with van der Waals surface area (Å²) in [4.78, 5) is 1.15. The maximum Gasteiger partial charge on any atom is 0.242 e. The summed E-state index contributed by atoms with van der Waals surface area (Å²) < 4.78 is 28.4. The van der Waals surface area contributed by atoms with Crippen molar-refractivity contribution in [1.82, 2.24) is 4.72 Å². The lowest BCUT2D eigenvalue weighted by Crippen LogP contribution is -2.47. The van der Waals surface area contributed by atoms with Crippen LogP contribution in [-0.4, -0.2) is 19.8 Å². The third kappa shape index (κ3) is 2.93. The minimum atomic E-state index is -3.48. The first-order valence-corrected chi connectivity index (χ1v) is 9.37. The summed E-state index contributed by atoms with van der Waals surface area (Å²) in [6.07, 6.45) is 3.70. The Kier molecular flexibility index (Phi) is 4.44. The first-order valence-electron chi connectivity index (χ1n) is 5.74. The molecular weight excluding hydrogens is 358 g/mol. The molecule has 1 saturated carbocycles. The lowest BCUT2D eigenvalue weighted by atomic mass is 10.0. The fourth-order valence-electron chi connectivity index (χ4n) is 2.35. The normalized spacial score (nSPS) is 19.3. The van der Waals surface area contributed by atoms with Crippen LogP contribution in [0, 0.1) is 6.92 Å². The molecule has 18 heavy (non-hydrogen) atoms. The molecule has 1 aliphatic carbocycles. The molecule has 1 fully saturated rings. The molecule has 2 rings (SSSR count). The van der Waals surface area contributed by atoms with Crippen molar-refractivity contribution in [2.45, 2.75) is 43.0 Å². The number of sulfonamides is 1. The number of aryl methyl sites for hydroxylation is 1. The highest BCUT2D eigenvalue weighted by Crippen LogP contribution is 2.35. The number of hydrogen-bond acceptors (Lipinski definition) is 3. The second kappa shape index (κ2) is 5.40. The van der Waals surface area contributed by atoms with Gasteiger partial charge in [-0.05, 0) is 41.8 Å². The summed E-state index contributed by atoms with van der Waals surface area (Å²) in [5.74, 6) is 0.330. The number of nitrogens with one attached hydrogen (secondary N) is 1. The van der Waals surface area contributed by atoms with Crippen molar-refractivity contribution in [1.29, 1.82) is 0 Å². The second-order valence-electron chi connectivity index (χ2n) is 4.70. The number of halogens is 2. The zero-order valence-electron chi connectivity index (χ0n) is 10.0. The van der Waals surface area contributed by atoms with Gasteiger partial charge in [0.25, 0.3) is 0 Å². The van der Waals surface area contributed by atoms with Crippen LogP contribution < -0.4 is 4.72 Å². The molecule has 0 saturated heterocycles. The largest absolute Gasteiger partial charge is 0.242 e. The van der Waals surface area contributed by atoms with Crippen LogP contribution in [0.1, 0.15) is 30.6 Å². The Morgan fingerprint density at radius 2 is 2.11 bits per heavy atom. The Balaban J connectivity index is 2.29. The van der Waals surface area contributed by atoms with Crippen molar-refractivity contribution in [3.05, 3.63) is 14.7 Å². The van der Waals surface area contributed by atoms with Crippen molar-refractivity contribution in [3.8, 4) is 0 Å². The monoisotopic (exact) mass is 371 g/mol. The first kappa shape index (κ1) is 14.8. The van der Waals surface area contributed by atoms with Crippen molar-refractivity contribution < 1.29 is 8.42 Å². The number of thiophene rings is 1. The van der Waals surface area contributed by atoms with Gasteiger partial charge in [0.15, 0.2) is 0 Å². The molecule has 0 unspecified atom stereocenters. The third-order valence-electron chi connectivity index (χ3n) is 3.30. The molecule has 1 aromatic rings. The maximum atomic E-state index is 12.4. The summed E-state index contributed by atoms with van der Waals surface area (Å²) in [5.41, 5.74) is -0.457. The van der Waals surface area contributed by atoms with Crippen LogP contribution in [0.2, 0.25) is 0 Å². The predicted octanol–water partition coefficient (Wildman–Crippen LogP) is 3.65. The summed E-state index contributed by atoms with van der Waals surface area (Å²) in [7, 11) is -3.48. The molecule has 1 aromatic heterocycles. The number of rotatable bonds is 4. The molecule has 0 aromatic carbocycles. The van der Waals surface area contributed by atoms with Crippen LogP contribution in [0.4, 0.5) is 0 Å². The molecule has 7 heteroatoms. The van der Waals surface area contributed by atoms with Gasteiger partial charge < -0.3 is 0 Å². The standard InChI is InChI=1S/C11H15BrClNO2S2/c1-8-9(6-10(12)17-8)18(15,16)14-11(7-13)4-2-3-5-11/h6,14H,2-5,7H2,1H3. The molecule has 1 N–H and O–H groups in total. The van der Waals surface area contributed by atoms with E-state index in [4.69, 9.17) is 11.6 Å². The Morgan fingerprint density at radius 1 is 1.50 bits per heavy atom. The van der Waals surface area contributed by atoms with Gasteiger partial charge in [-0.25, -0.2) is 13.1 Å². The van der Waals surface area contributed by atoms with Crippen LogP contribution in [0.5, 0.6) is 0 Å². The van der Waals surface area contributed by atoms with Crippen LogP contribution >= 0.6 is 38.9 Å². The van der Waals surface area contributed by atoms with E-state index in [1.807, 2.05) is 6.92 Å². The van der Waals surface area contributed by atoms with Gasteiger partial charge in [0, 0.05) is 16.3 Å². The number of hydrogen-bond donors (Lipinski definition) is 1. The zero-order valence-corrected chi connectivity index (χ0v) is 14.0. The van der Waals surface area contributed by atoms with Crippen LogP contribution in [-0.2, 0) is 10.0 Å². The molecule has 0 aliphatic heterocycles. The fraction of sp³-hybridized carbons (Fsp3) is 0.636. The van der Waals surface area contributed by atoms with E-state index in [0.717, 1.165) is 34.3 Å². The second-order valence-corrected chi connectivity index (χ2v) is 9.25. The highest BCUT2D eigenvalue weighted by atomic mass is 79.9. The molecule has 0 atom stereocenters. The van der Waals surface area contributed by atoms with Gasteiger partial charge in [0.05, 0.1) is 8.68 Å². The first-order chi connectivity index (χ1) is 8.38. The Bertz CT molecular complexity index is 535. The van der Waals surface area contributed by atoms with Crippen molar-refractivity contribution in [3.63, 3.8) is 0 Å². The molecular formula is C11H15BrClNO2S2. The van der Waals surface area contributed by atoms with Gasteiger partial charge in [-0.1, -0.05) is 12.8 Å². The summed E-state index contributed by atoms with van der Waals surface area (Å²) in [6.45, 7) is 1.81. The molecule has 0 bridgehead atoms. The lowest BCUT2D eigenvalue weighted by Gasteiger charge is -2.27. The molecule has 3 nitrogen and oxygen atoms in total. The van der Waals surface area contributed by atoms with E-state index < -0.39 is 15.6 Å². The van der Waals surface area contributed by atoms with Gasteiger partial charge >= 0.3 is 0 Å². The molecule has 0 amide bonds. The van der Waals surface area contributed by atoms with Gasteiger partial charge in [-0.2, -0.15) is 0 Å². The summed E-state index contributed by atoms with van der Waals surface area (Å²) in [5, 5.41) is 0. The maximum absolute atomic E-state index is 12.4. The van der Waals surface area contributed by atoms with Gasteiger partial charge in [-0.3, -0.25) is 0 Å². The van der Waals surface area contributed by atoms with Crippen molar-refractivity contribution >= 4 is 48.9 Å². The van der Waals surface area contributed by atoms with Crippen molar-refractivity contribution in [2.75, 3.05) is 5.88 Å². The van der Waals surface area contributed by atoms with E-state index >= 15 is 0 Å².